The third kappa shape index (κ3) is 4.28. The van der Waals surface area contributed by atoms with Crippen LogP contribution in [-0.4, -0.2) is 11.1 Å². The smallest absolute Gasteiger partial charge is 0.303 e. The van der Waals surface area contributed by atoms with Crippen LogP contribution in [0.25, 0.3) is 0 Å². The molecule has 0 amide bonds. The van der Waals surface area contributed by atoms with Gasteiger partial charge in [-0.3, -0.25) is 4.79 Å². The van der Waals surface area contributed by atoms with Crippen LogP contribution in [0, 0.1) is 17.2 Å². The molecule has 78 valence electrons. The standard InChI is InChI=1S/C12H13NO2/c13-7-6-11(9-12(14)15)8-10-4-2-1-3-5-10/h1-5,11H,6,8-9H2,(H,14,15)/t11-/m1/s1. The van der Waals surface area contributed by atoms with E-state index in [0.717, 1.165) is 5.56 Å². The first-order valence-electron chi connectivity index (χ1n) is 4.85. The van der Waals surface area contributed by atoms with Crippen LogP contribution in [0.5, 0.6) is 0 Å². The minimum atomic E-state index is -0.841. The zero-order valence-electron chi connectivity index (χ0n) is 8.39. The van der Waals surface area contributed by atoms with E-state index in [0.29, 0.717) is 12.8 Å². The normalized spacial score (nSPS) is 11.7. The first kappa shape index (κ1) is 11.3. The van der Waals surface area contributed by atoms with E-state index in [1.807, 2.05) is 36.4 Å². The Morgan fingerprint density at radius 1 is 1.40 bits per heavy atom. The highest BCUT2D eigenvalue weighted by molar-refractivity contribution is 5.67. The Kier molecular flexibility index (Phi) is 4.36. The number of hydrogen-bond acceptors (Lipinski definition) is 2. The maximum Gasteiger partial charge on any atom is 0.303 e. The van der Waals surface area contributed by atoms with E-state index in [1.165, 1.54) is 0 Å². The summed E-state index contributed by atoms with van der Waals surface area (Å²) in [5.41, 5.74) is 1.08. The first-order valence-corrected chi connectivity index (χ1v) is 4.85. The molecule has 0 saturated carbocycles. The molecule has 0 radical (unpaired) electrons. The number of aliphatic carboxylic acids is 1. The summed E-state index contributed by atoms with van der Waals surface area (Å²) in [6, 6.07) is 11.7. The molecule has 0 spiro atoms. The molecule has 0 aliphatic heterocycles. The highest BCUT2D eigenvalue weighted by Gasteiger charge is 2.13. The Bertz CT molecular complexity index is 354. The molecule has 0 aliphatic rings. The molecule has 0 fully saturated rings. The molecule has 0 heterocycles. The number of carboxylic acids is 1. The lowest BCUT2D eigenvalue weighted by Gasteiger charge is -2.10. The molecular formula is C12H13NO2. The van der Waals surface area contributed by atoms with Crippen LogP contribution in [0.1, 0.15) is 18.4 Å². The molecule has 15 heavy (non-hydrogen) atoms. The SMILES string of the molecule is N#CC[C@@H](CC(=O)O)Cc1ccccc1. The molecular weight excluding hydrogens is 190 g/mol. The topological polar surface area (TPSA) is 61.1 Å². The molecule has 3 nitrogen and oxygen atoms in total. The van der Waals surface area contributed by atoms with Gasteiger partial charge in [-0.2, -0.15) is 5.26 Å². The fourth-order valence-corrected chi connectivity index (χ4v) is 1.54. The molecule has 1 N–H and O–H groups in total. The summed E-state index contributed by atoms with van der Waals surface area (Å²) in [5, 5.41) is 17.3. The van der Waals surface area contributed by atoms with Gasteiger partial charge < -0.3 is 5.11 Å². The fourth-order valence-electron chi connectivity index (χ4n) is 1.54. The van der Waals surface area contributed by atoms with Gasteiger partial charge in [0.05, 0.1) is 6.07 Å². The van der Waals surface area contributed by atoms with Crippen LogP contribution in [-0.2, 0) is 11.2 Å². The number of carboxylic acid groups (broad SMARTS) is 1. The van der Waals surface area contributed by atoms with Gasteiger partial charge in [0.25, 0.3) is 0 Å². The van der Waals surface area contributed by atoms with Gasteiger partial charge >= 0.3 is 5.97 Å². The van der Waals surface area contributed by atoms with Crippen LogP contribution >= 0.6 is 0 Å². The number of hydrogen-bond donors (Lipinski definition) is 1. The Balaban J connectivity index is 2.59. The van der Waals surface area contributed by atoms with Crippen molar-refractivity contribution in [3.8, 4) is 6.07 Å². The fraction of sp³-hybridized carbons (Fsp3) is 0.333. The van der Waals surface area contributed by atoms with Gasteiger partial charge in [0, 0.05) is 12.8 Å². The molecule has 0 aliphatic carbocycles. The Hall–Kier alpha value is -1.82. The molecule has 1 rings (SSSR count). The van der Waals surface area contributed by atoms with Gasteiger partial charge in [-0.1, -0.05) is 30.3 Å². The molecule has 3 heteroatoms. The van der Waals surface area contributed by atoms with E-state index >= 15 is 0 Å². The van der Waals surface area contributed by atoms with E-state index in [1.54, 1.807) is 0 Å². The molecule has 1 aromatic rings. The third-order valence-corrected chi connectivity index (χ3v) is 2.21. The highest BCUT2D eigenvalue weighted by Crippen LogP contribution is 2.15. The van der Waals surface area contributed by atoms with Crippen LogP contribution in [0.4, 0.5) is 0 Å². The van der Waals surface area contributed by atoms with E-state index < -0.39 is 5.97 Å². The second-order valence-electron chi connectivity index (χ2n) is 3.52. The minimum Gasteiger partial charge on any atom is -0.481 e. The van der Waals surface area contributed by atoms with Crippen molar-refractivity contribution in [2.45, 2.75) is 19.3 Å². The number of nitriles is 1. The van der Waals surface area contributed by atoms with Crippen LogP contribution in [0.3, 0.4) is 0 Å². The van der Waals surface area contributed by atoms with Crippen molar-refractivity contribution in [3.63, 3.8) is 0 Å². The van der Waals surface area contributed by atoms with Crippen LogP contribution in [0.2, 0.25) is 0 Å². The summed E-state index contributed by atoms with van der Waals surface area (Å²) in [6.07, 6.45) is 1.00. The first-order chi connectivity index (χ1) is 7.22. The summed E-state index contributed by atoms with van der Waals surface area (Å²) in [5.74, 6) is -0.930. The van der Waals surface area contributed by atoms with Crippen molar-refractivity contribution in [1.82, 2.24) is 0 Å². The van der Waals surface area contributed by atoms with Gasteiger partial charge in [-0.05, 0) is 17.9 Å². The van der Waals surface area contributed by atoms with Crippen molar-refractivity contribution in [2.75, 3.05) is 0 Å². The monoisotopic (exact) mass is 203 g/mol. The lowest BCUT2D eigenvalue weighted by atomic mass is 9.94. The van der Waals surface area contributed by atoms with Crippen molar-refractivity contribution in [1.29, 1.82) is 5.26 Å². The lowest BCUT2D eigenvalue weighted by Crippen LogP contribution is -2.10. The van der Waals surface area contributed by atoms with E-state index in [9.17, 15) is 4.79 Å². The summed E-state index contributed by atoms with van der Waals surface area (Å²) < 4.78 is 0. The molecule has 0 unspecified atom stereocenters. The third-order valence-electron chi connectivity index (χ3n) is 2.21. The average molecular weight is 203 g/mol. The second-order valence-corrected chi connectivity index (χ2v) is 3.52. The summed E-state index contributed by atoms with van der Waals surface area (Å²) >= 11 is 0. The number of carbonyl (C=O) groups is 1. The maximum absolute atomic E-state index is 10.6. The zero-order valence-corrected chi connectivity index (χ0v) is 8.39. The summed E-state index contributed by atoms with van der Waals surface area (Å²) in [7, 11) is 0. The van der Waals surface area contributed by atoms with Crippen molar-refractivity contribution in [2.24, 2.45) is 5.92 Å². The van der Waals surface area contributed by atoms with E-state index in [4.69, 9.17) is 10.4 Å². The Morgan fingerprint density at radius 2 is 2.07 bits per heavy atom. The van der Waals surface area contributed by atoms with Crippen LogP contribution < -0.4 is 0 Å². The Morgan fingerprint density at radius 3 is 2.60 bits per heavy atom. The van der Waals surface area contributed by atoms with Gasteiger partial charge in [-0.15, -0.1) is 0 Å². The summed E-state index contributed by atoms with van der Waals surface area (Å²) in [4.78, 5) is 10.6. The largest absolute Gasteiger partial charge is 0.481 e. The van der Waals surface area contributed by atoms with Crippen molar-refractivity contribution in [3.05, 3.63) is 35.9 Å². The number of benzene rings is 1. The minimum absolute atomic E-state index is 0.0580. The predicted octanol–water partition coefficient (Wildman–Crippen LogP) is 2.23. The Labute approximate surface area is 89.0 Å². The molecule has 0 saturated heterocycles. The highest BCUT2D eigenvalue weighted by atomic mass is 16.4. The van der Waals surface area contributed by atoms with E-state index in [2.05, 4.69) is 0 Å². The van der Waals surface area contributed by atoms with Gasteiger partial charge in [-0.25, -0.2) is 0 Å². The van der Waals surface area contributed by atoms with Crippen molar-refractivity contribution < 1.29 is 9.90 Å². The maximum atomic E-state index is 10.6. The second kappa shape index (κ2) is 5.82. The average Bonchev–Trinajstić information content (AvgIpc) is 2.18. The molecule has 1 atom stereocenters. The van der Waals surface area contributed by atoms with Crippen LogP contribution in [0.15, 0.2) is 30.3 Å². The lowest BCUT2D eigenvalue weighted by molar-refractivity contribution is -0.138. The van der Waals surface area contributed by atoms with E-state index in [-0.39, 0.29) is 12.3 Å². The predicted molar refractivity (Wildman–Crippen MR) is 56.1 cm³/mol. The van der Waals surface area contributed by atoms with Gasteiger partial charge in [0.15, 0.2) is 0 Å². The summed E-state index contributed by atoms with van der Waals surface area (Å²) in [6.45, 7) is 0. The quantitative estimate of drug-likeness (QED) is 0.798. The van der Waals surface area contributed by atoms with Gasteiger partial charge in [0.2, 0.25) is 0 Å². The van der Waals surface area contributed by atoms with Gasteiger partial charge in [0.1, 0.15) is 0 Å². The molecule has 0 aromatic heterocycles. The zero-order chi connectivity index (χ0) is 11.1. The number of rotatable bonds is 5. The molecule has 0 bridgehead atoms. The number of nitrogens with zero attached hydrogens (tertiary/aromatic N) is 1. The molecule has 1 aromatic carbocycles. The van der Waals surface area contributed by atoms with Crippen molar-refractivity contribution >= 4 is 5.97 Å².